The molecule has 0 amide bonds. The fourth-order valence-electron chi connectivity index (χ4n) is 2.25. The molecule has 2 aromatic rings. The van der Waals surface area contributed by atoms with Gasteiger partial charge in [0.05, 0.1) is 0 Å². The number of H-pyrrole nitrogens is 1. The van der Waals surface area contributed by atoms with E-state index in [0.29, 0.717) is 6.04 Å². The van der Waals surface area contributed by atoms with E-state index in [-0.39, 0.29) is 6.04 Å². The van der Waals surface area contributed by atoms with E-state index in [1.165, 1.54) is 6.33 Å². The summed E-state index contributed by atoms with van der Waals surface area (Å²) in [4.78, 5) is 10.7. The average molecular weight is 262 g/mol. The largest absolute Gasteiger partial charge is 0.337 e. The summed E-state index contributed by atoms with van der Waals surface area (Å²) in [5.41, 5.74) is 0. The molecule has 0 saturated carbocycles. The van der Waals surface area contributed by atoms with Crippen molar-refractivity contribution in [3.63, 3.8) is 0 Å². The quantitative estimate of drug-likeness (QED) is 0.797. The molecule has 19 heavy (non-hydrogen) atoms. The molecule has 2 atom stereocenters. The number of rotatable bonds is 3. The first-order valence-corrected chi connectivity index (χ1v) is 6.49. The highest BCUT2D eigenvalue weighted by molar-refractivity contribution is 5.30. The van der Waals surface area contributed by atoms with Crippen LogP contribution in [0.4, 0.5) is 5.95 Å². The van der Waals surface area contributed by atoms with Crippen LogP contribution in [-0.2, 0) is 0 Å². The normalized spacial score (nSPS) is 21.6. The molecule has 1 aliphatic heterocycles. The van der Waals surface area contributed by atoms with Crippen molar-refractivity contribution >= 4 is 5.95 Å². The molecule has 1 fully saturated rings. The zero-order valence-electron chi connectivity index (χ0n) is 11.1. The van der Waals surface area contributed by atoms with Gasteiger partial charge in [0, 0.05) is 25.7 Å². The monoisotopic (exact) mass is 262 g/mol. The van der Waals surface area contributed by atoms with Crippen LogP contribution < -0.4 is 10.2 Å². The Balaban J connectivity index is 1.76. The number of nitrogens with zero attached hydrogens (tertiary/aromatic N) is 6. The van der Waals surface area contributed by atoms with Crippen LogP contribution in [0.2, 0.25) is 0 Å². The van der Waals surface area contributed by atoms with Gasteiger partial charge in [-0.3, -0.25) is 5.10 Å². The second kappa shape index (κ2) is 4.96. The van der Waals surface area contributed by atoms with Gasteiger partial charge >= 0.3 is 0 Å². The highest BCUT2D eigenvalue weighted by Gasteiger charge is 2.21. The number of hydrogen-bond acceptors (Lipinski definition) is 6. The number of aromatic amines is 1. The summed E-state index contributed by atoms with van der Waals surface area (Å²) in [6.45, 7) is 7.00. The summed E-state index contributed by atoms with van der Waals surface area (Å²) in [5.74, 6) is 1.56. The topological polar surface area (TPSA) is 87.5 Å². The molecule has 2 aromatic heterocycles. The van der Waals surface area contributed by atoms with Gasteiger partial charge in [-0.2, -0.15) is 10.1 Å². The third-order valence-electron chi connectivity index (χ3n) is 3.37. The van der Waals surface area contributed by atoms with Crippen LogP contribution in [0.25, 0.3) is 0 Å². The van der Waals surface area contributed by atoms with Crippen molar-refractivity contribution in [2.45, 2.75) is 25.9 Å². The summed E-state index contributed by atoms with van der Waals surface area (Å²) < 4.78 is 1.75. The highest BCUT2D eigenvalue weighted by atomic mass is 15.4. The van der Waals surface area contributed by atoms with Gasteiger partial charge in [-0.15, -0.1) is 5.10 Å². The number of hydrogen-bond donors (Lipinski definition) is 2. The van der Waals surface area contributed by atoms with Gasteiger partial charge in [-0.05, 0) is 13.8 Å². The van der Waals surface area contributed by atoms with E-state index >= 15 is 0 Å². The van der Waals surface area contributed by atoms with Crippen molar-refractivity contribution in [2.24, 2.45) is 0 Å². The Kier molecular flexibility index (Phi) is 3.16. The lowest BCUT2D eigenvalue weighted by atomic mass is 10.2. The maximum atomic E-state index is 4.57. The van der Waals surface area contributed by atoms with E-state index in [2.05, 4.69) is 42.4 Å². The van der Waals surface area contributed by atoms with Crippen LogP contribution in [0.5, 0.6) is 0 Å². The first kappa shape index (κ1) is 12.1. The van der Waals surface area contributed by atoms with E-state index in [4.69, 9.17) is 0 Å². The molecule has 1 aliphatic rings. The van der Waals surface area contributed by atoms with Gasteiger partial charge in [0.15, 0.2) is 5.82 Å². The number of nitrogens with one attached hydrogen (secondary N) is 2. The Labute approximate surface area is 111 Å². The zero-order chi connectivity index (χ0) is 13.2. The summed E-state index contributed by atoms with van der Waals surface area (Å²) in [5, 5.41) is 14.8. The van der Waals surface area contributed by atoms with Gasteiger partial charge in [-0.1, -0.05) is 0 Å². The van der Waals surface area contributed by atoms with Crippen LogP contribution >= 0.6 is 0 Å². The van der Waals surface area contributed by atoms with Gasteiger partial charge in [-0.25, -0.2) is 9.67 Å². The van der Waals surface area contributed by atoms with Crippen molar-refractivity contribution < 1.29 is 0 Å². The van der Waals surface area contributed by atoms with Gasteiger partial charge < -0.3 is 10.2 Å². The Morgan fingerprint density at radius 2 is 2.37 bits per heavy atom. The molecule has 8 heteroatoms. The van der Waals surface area contributed by atoms with Crippen LogP contribution in [0.3, 0.4) is 0 Å². The molecule has 8 nitrogen and oxygen atoms in total. The lowest BCUT2D eigenvalue weighted by molar-refractivity contribution is 0.479. The SMILES string of the molecule is CC(c1nc(N2CCN[C@H](C)C2)n[nH]1)n1cncn1. The van der Waals surface area contributed by atoms with Gasteiger partial charge in [0.1, 0.15) is 18.7 Å². The fourth-order valence-corrected chi connectivity index (χ4v) is 2.25. The molecular weight excluding hydrogens is 244 g/mol. The Bertz CT molecular complexity index is 519. The Morgan fingerprint density at radius 3 is 3.11 bits per heavy atom. The molecule has 1 unspecified atom stereocenters. The maximum absolute atomic E-state index is 4.57. The van der Waals surface area contributed by atoms with Crippen molar-refractivity contribution in [2.75, 3.05) is 24.5 Å². The maximum Gasteiger partial charge on any atom is 0.244 e. The minimum absolute atomic E-state index is 0.00379. The van der Waals surface area contributed by atoms with E-state index in [0.717, 1.165) is 31.4 Å². The lowest BCUT2D eigenvalue weighted by Crippen LogP contribution is -2.49. The first-order valence-electron chi connectivity index (χ1n) is 6.49. The van der Waals surface area contributed by atoms with Crippen molar-refractivity contribution in [3.8, 4) is 0 Å². The molecule has 0 aliphatic carbocycles. The van der Waals surface area contributed by atoms with E-state index in [9.17, 15) is 0 Å². The molecule has 0 bridgehead atoms. The first-order chi connectivity index (χ1) is 9.24. The summed E-state index contributed by atoms with van der Waals surface area (Å²) >= 11 is 0. The molecule has 1 saturated heterocycles. The fraction of sp³-hybridized carbons (Fsp3) is 0.636. The number of anilines is 1. The van der Waals surface area contributed by atoms with Crippen molar-refractivity contribution in [1.82, 2.24) is 35.3 Å². The minimum Gasteiger partial charge on any atom is -0.337 e. The summed E-state index contributed by atoms with van der Waals surface area (Å²) in [7, 11) is 0. The molecule has 3 rings (SSSR count). The Morgan fingerprint density at radius 1 is 1.47 bits per heavy atom. The molecule has 0 aromatic carbocycles. The molecule has 2 N–H and O–H groups in total. The molecule has 3 heterocycles. The predicted molar refractivity (Wildman–Crippen MR) is 69.9 cm³/mol. The van der Waals surface area contributed by atoms with E-state index in [1.807, 2.05) is 6.92 Å². The third kappa shape index (κ3) is 2.43. The van der Waals surface area contributed by atoms with E-state index in [1.54, 1.807) is 11.0 Å². The van der Waals surface area contributed by atoms with Gasteiger partial charge in [0.25, 0.3) is 0 Å². The molecule has 0 radical (unpaired) electrons. The average Bonchev–Trinajstić information content (AvgIpc) is 3.10. The molecule has 0 spiro atoms. The van der Waals surface area contributed by atoms with Crippen LogP contribution in [0.15, 0.2) is 12.7 Å². The Hall–Kier alpha value is -1.96. The van der Waals surface area contributed by atoms with Crippen LogP contribution in [0, 0.1) is 0 Å². The smallest absolute Gasteiger partial charge is 0.244 e. The lowest BCUT2D eigenvalue weighted by Gasteiger charge is -2.30. The zero-order valence-corrected chi connectivity index (χ0v) is 11.1. The summed E-state index contributed by atoms with van der Waals surface area (Å²) in [6, 6.07) is 0.465. The minimum atomic E-state index is 0.00379. The second-order valence-electron chi connectivity index (χ2n) is 4.87. The van der Waals surface area contributed by atoms with E-state index < -0.39 is 0 Å². The third-order valence-corrected chi connectivity index (χ3v) is 3.37. The van der Waals surface area contributed by atoms with Crippen molar-refractivity contribution in [1.29, 1.82) is 0 Å². The number of piperazine rings is 1. The molecular formula is C11H18N8. The van der Waals surface area contributed by atoms with Crippen LogP contribution in [-0.4, -0.2) is 55.6 Å². The van der Waals surface area contributed by atoms with Gasteiger partial charge in [0.2, 0.25) is 5.95 Å². The highest BCUT2D eigenvalue weighted by Crippen LogP contribution is 2.16. The second-order valence-corrected chi connectivity index (χ2v) is 4.87. The molecule has 102 valence electrons. The number of aromatic nitrogens is 6. The predicted octanol–water partition coefficient (Wildman–Crippen LogP) is -0.196. The summed E-state index contributed by atoms with van der Waals surface area (Å²) in [6.07, 6.45) is 3.20. The van der Waals surface area contributed by atoms with Crippen molar-refractivity contribution in [3.05, 3.63) is 18.5 Å². The standard InChI is InChI=1S/C11H18N8/c1-8-5-18(4-3-13-8)11-15-10(16-17-11)9(2)19-7-12-6-14-19/h6-9,13H,3-5H2,1-2H3,(H,15,16,17)/t8-,9?/m1/s1. The van der Waals surface area contributed by atoms with Crippen LogP contribution in [0.1, 0.15) is 25.7 Å².